The minimum Gasteiger partial charge on any atom is -0.426 e. The summed E-state index contributed by atoms with van der Waals surface area (Å²) in [5, 5.41) is 3.07. The first-order chi connectivity index (χ1) is 9.38. The van der Waals surface area contributed by atoms with Crippen LogP contribution in [0.25, 0.3) is 0 Å². The number of halogens is 5. The number of nitrogens with one attached hydrogen (secondary N) is 1. The van der Waals surface area contributed by atoms with Crippen molar-refractivity contribution in [1.29, 1.82) is 0 Å². The van der Waals surface area contributed by atoms with Crippen LogP contribution < -0.4 is 10.1 Å². The molecule has 1 aromatic carbocycles. The molecule has 118 valence electrons. The Hall–Kier alpha value is -1.34. The summed E-state index contributed by atoms with van der Waals surface area (Å²) in [6.45, 7) is 1.36. The zero-order chi connectivity index (χ0) is 14.8. The highest BCUT2D eigenvalue weighted by Crippen LogP contribution is 2.33. The van der Waals surface area contributed by atoms with Crippen molar-refractivity contribution < 1.29 is 27.1 Å². The second-order valence-electron chi connectivity index (χ2n) is 4.58. The number of hydrogen-bond donors (Lipinski definition) is 1. The van der Waals surface area contributed by atoms with Crippen molar-refractivity contribution in [1.82, 2.24) is 5.32 Å². The van der Waals surface area contributed by atoms with E-state index in [9.17, 15) is 22.4 Å². The summed E-state index contributed by atoms with van der Waals surface area (Å²) in [5.41, 5.74) is -1.38. The molecule has 3 nitrogen and oxygen atoms in total. The number of benzene rings is 1. The molecular formula is C13H14ClF4NO2. The molecule has 1 aliphatic rings. The van der Waals surface area contributed by atoms with Gasteiger partial charge in [0.05, 0.1) is 11.5 Å². The van der Waals surface area contributed by atoms with Gasteiger partial charge in [-0.1, -0.05) is 0 Å². The summed E-state index contributed by atoms with van der Waals surface area (Å²) in [6.07, 6.45) is -3.56. The van der Waals surface area contributed by atoms with Crippen molar-refractivity contribution >= 4 is 18.4 Å². The Labute approximate surface area is 125 Å². The zero-order valence-corrected chi connectivity index (χ0v) is 11.7. The van der Waals surface area contributed by atoms with Gasteiger partial charge in [0.15, 0.2) is 0 Å². The number of ether oxygens (including phenoxy) is 1. The van der Waals surface area contributed by atoms with Gasteiger partial charge >= 0.3 is 12.1 Å². The molecule has 0 saturated carbocycles. The fourth-order valence-corrected chi connectivity index (χ4v) is 2.05. The topological polar surface area (TPSA) is 38.3 Å². The normalized spacial score (nSPS) is 16.2. The Balaban J connectivity index is 0.00000220. The van der Waals surface area contributed by atoms with E-state index in [1.165, 1.54) is 0 Å². The standard InChI is InChI=1S/C13H13F4NO2.ClH/c14-11-7-9(1-2-10(11)13(15,16)17)20-12(19)8-3-5-18-6-4-8;/h1-2,7-8,18H,3-6H2;1H. The van der Waals surface area contributed by atoms with E-state index < -0.39 is 23.5 Å². The lowest BCUT2D eigenvalue weighted by atomic mass is 9.98. The van der Waals surface area contributed by atoms with Crippen LogP contribution in [0, 0.1) is 11.7 Å². The molecule has 21 heavy (non-hydrogen) atoms. The predicted molar refractivity (Wildman–Crippen MR) is 69.9 cm³/mol. The molecule has 0 aliphatic carbocycles. The van der Waals surface area contributed by atoms with Crippen LogP contribution in [0.1, 0.15) is 18.4 Å². The number of carbonyl (C=O) groups is 1. The maximum atomic E-state index is 13.3. The molecule has 1 heterocycles. The predicted octanol–water partition coefficient (Wildman–Crippen LogP) is 3.17. The molecule has 0 spiro atoms. The third-order valence-electron chi connectivity index (χ3n) is 3.14. The van der Waals surface area contributed by atoms with Gasteiger partial charge in [-0.05, 0) is 38.1 Å². The molecule has 0 aromatic heterocycles. The Morgan fingerprint density at radius 2 is 1.86 bits per heavy atom. The minimum absolute atomic E-state index is 0. The fourth-order valence-electron chi connectivity index (χ4n) is 2.05. The summed E-state index contributed by atoms with van der Waals surface area (Å²) < 4.78 is 55.4. The monoisotopic (exact) mass is 327 g/mol. The van der Waals surface area contributed by atoms with Gasteiger partial charge < -0.3 is 10.1 Å². The quantitative estimate of drug-likeness (QED) is 0.515. The van der Waals surface area contributed by atoms with Gasteiger partial charge in [0, 0.05) is 6.07 Å². The van der Waals surface area contributed by atoms with E-state index in [0.717, 1.165) is 6.07 Å². The van der Waals surface area contributed by atoms with Crippen molar-refractivity contribution in [3.05, 3.63) is 29.6 Å². The second-order valence-corrected chi connectivity index (χ2v) is 4.58. The molecule has 0 radical (unpaired) electrons. The molecule has 0 amide bonds. The van der Waals surface area contributed by atoms with E-state index >= 15 is 0 Å². The van der Waals surface area contributed by atoms with Gasteiger partial charge in [-0.2, -0.15) is 13.2 Å². The number of rotatable bonds is 2. The van der Waals surface area contributed by atoms with Crippen LogP contribution in [-0.4, -0.2) is 19.1 Å². The summed E-state index contributed by atoms with van der Waals surface area (Å²) in [6, 6.07) is 2.10. The van der Waals surface area contributed by atoms with E-state index in [4.69, 9.17) is 4.74 Å². The average Bonchev–Trinajstić information content (AvgIpc) is 2.38. The van der Waals surface area contributed by atoms with Crippen LogP contribution in [0.3, 0.4) is 0 Å². The van der Waals surface area contributed by atoms with Gasteiger partial charge in [0.1, 0.15) is 11.6 Å². The summed E-state index contributed by atoms with van der Waals surface area (Å²) in [5.74, 6) is -2.50. The van der Waals surface area contributed by atoms with Gasteiger partial charge in [-0.15, -0.1) is 12.4 Å². The number of alkyl halides is 3. The number of esters is 1. The molecule has 1 aliphatic heterocycles. The first kappa shape index (κ1) is 17.7. The molecule has 0 bridgehead atoms. The van der Waals surface area contributed by atoms with Gasteiger partial charge in [0.25, 0.3) is 0 Å². The van der Waals surface area contributed by atoms with E-state index in [1.54, 1.807) is 0 Å². The molecule has 2 rings (SSSR count). The second kappa shape index (κ2) is 7.09. The van der Waals surface area contributed by atoms with Gasteiger partial charge in [0.2, 0.25) is 0 Å². The lowest BCUT2D eigenvalue weighted by Gasteiger charge is -2.21. The number of carbonyl (C=O) groups excluding carboxylic acids is 1. The van der Waals surface area contributed by atoms with Crippen LogP contribution in [0.2, 0.25) is 0 Å². The summed E-state index contributed by atoms with van der Waals surface area (Å²) in [7, 11) is 0. The Morgan fingerprint density at radius 3 is 2.38 bits per heavy atom. The van der Waals surface area contributed by atoms with Gasteiger partial charge in [-0.3, -0.25) is 4.79 Å². The first-order valence-corrected chi connectivity index (χ1v) is 6.17. The minimum atomic E-state index is -4.76. The van der Waals surface area contributed by atoms with Crippen LogP contribution in [0.15, 0.2) is 18.2 Å². The molecule has 8 heteroatoms. The van der Waals surface area contributed by atoms with E-state index in [-0.39, 0.29) is 24.1 Å². The Bertz CT molecular complexity index is 501. The largest absolute Gasteiger partial charge is 0.426 e. The van der Waals surface area contributed by atoms with Crippen molar-refractivity contribution in [2.24, 2.45) is 5.92 Å². The lowest BCUT2D eigenvalue weighted by molar-refractivity contribution is -0.140. The van der Waals surface area contributed by atoms with Crippen LogP contribution in [0.4, 0.5) is 17.6 Å². The van der Waals surface area contributed by atoms with E-state index in [2.05, 4.69) is 5.32 Å². The first-order valence-electron chi connectivity index (χ1n) is 6.17. The summed E-state index contributed by atoms with van der Waals surface area (Å²) >= 11 is 0. The molecule has 1 saturated heterocycles. The molecular weight excluding hydrogens is 314 g/mol. The van der Waals surface area contributed by atoms with Gasteiger partial charge in [-0.25, -0.2) is 4.39 Å². The number of hydrogen-bond acceptors (Lipinski definition) is 3. The maximum Gasteiger partial charge on any atom is 0.419 e. The molecule has 0 atom stereocenters. The lowest BCUT2D eigenvalue weighted by Crippen LogP contribution is -2.33. The Morgan fingerprint density at radius 1 is 1.24 bits per heavy atom. The van der Waals surface area contributed by atoms with Crippen molar-refractivity contribution in [2.45, 2.75) is 19.0 Å². The SMILES string of the molecule is Cl.O=C(Oc1ccc(C(F)(F)F)c(F)c1)C1CCNCC1. The Kier molecular flexibility index (Phi) is 5.98. The molecule has 1 fully saturated rings. The number of piperidine rings is 1. The highest BCUT2D eigenvalue weighted by atomic mass is 35.5. The maximum absolute atomic E-state index is 13.3. The zero-order valence-electron chi connectivity index (χ0n) is 10.9. The summed E-state index contributed by atoms with van der Waals surface area (Å²) in [4.78, 5) is 11.8. The van der Waals surface area contributed by atoms with Crippen LogP contribution in [0.5, 0.6) is 5.75 Å². The average molecular weight is 328 g/mol. The molecule has 1 N–H and O–H groups in total. The highest BCUT2D eigenvalue weighted by molar-refractivity contribution is 5.85. The van der Waals surface area contributed by atoms with E-state index in [1.807, 2.05) is 0 Å². The third kappa shape index (κ3) is 4.57. The van der Waals surface area contributed by atoms with Crippen molar-refractivity contribution in [3.63, 3.8) is 0 Å². The van der Waals surface area contributed by atoms with Crippen molar-refractivity contribution in [3.8, 4) is 5.75 Å². The van der Waals surface area contributed by atoms with Crippen molar-refractivity contribution in [2.75, 3.05) is 13.1 Å². The smallest absolute Gasteiger partial charge is 0.419 e. The van der Waals surface area contributed by atoms with Crippen LogP contribution in [-0.2, 0) is 11.0 Å². The molecule has 1 aromatic rings. The fraction of sp³-hybridized carbons (Fsp3) is 0.462. The molecule has 0 unspecified atom stereocenters. The van der Waals surface area contributed by atoms with Crippen LogP contribution >= 0.6 is 12.4 Å². The highest BCUT2D eigenvalue weighted by Gasteiger charge is 2.34. The third-order valence-corrected chi connectivity index (χ3v) is 3.14. The van der Waals surface area contributed by atoms with E-state index in [0.29, 0.717) is 38.1 Å².